The highest BCUT2D eigenvalue weighted by Gasteiger charge is 2.29. The summed E-state index contributed by atoms with van der Waals surface area (Å²) in [4.78, 5) is 24.6. The van der Waals surface area contributed by atoms with Gasteiger partial charge in [-0.25, -0.2) is 0 Å². The Morgan fingerprint density at radius 3 is 2.06 bits per heavy atom. The highest BCUT2D eigenvalue weighted by atomic mass is 16.4. The van der Waals surface area contributed by atoms with Crippen LogP contribution in [0.5, 0.6) is 0 Å². The van der Waals surface area contributed by atoms with Crippen LogP contribution in [0.3, 0.4) is 0 Å². The fourth-order valence-corrected chi connectivity index (χ4v) is 1.92. The Balaban J connectivity index is 2.47. The Bertz CT molecular complexity index is 267. The van der Waals surface area contributed by atoms with Crippen LogP contribution in [0.25, 0.3) is 0 Å². The molecule has 0 aromatic carbocycles. The fourth-order valence-electron chi connectivity index (χ4n) is 1.92. The van der Waals surface area contributed by atoms with Crippen LogP contribution in [0, 0.1) is 17.8 Å². The molecular weight excluding hydrogens is 206 g/mol. The highest BCUT2D eigenvalue weighted by molar-refractivity contribution is 5.79. The number of nitrogens with zero attached hydrogens (tertiary/aromatic N) is 1. The molecule has 1 aliphatic rings. The van der Waals surface area contributed by atoms with Gasteiger partial charge in [0.15, 0.2) is 0 Å². The Labute approximate surface area is 96.6 Å². The number of hydrogen-bond donors (Lipinski definition) is 1. The first-order chi connectivity index (χ1) is 7.43. The number of amides is 1. The molecule has 1 atom stereocenters. The van der Waals surface area contributed by atoms with E-state index in [0.717, 1.165) is 0 Å². The fraction of sp³-hybridized carbons (Fsp3) is 0.833. The lowest BCUT2D eigenvalue weighted by atomic mass is 9.93. The third-order valence-corrected chi connectivity index (χ3v) is 3.55. The number of carbonyl (C=O) groups excluding carboxylic acids is 1. The lowest BCUT2D eigenvalue weighted by Gasteiger charge is -2.32. The minimum Gasteiger partial charge on any atom is -0.481 e. The normalized spacial score (nSPS) is 19.9. The third-order valence-electron chi connectivity index (χ3n) is 3.55. The molecule has 1 N–H and O–H groups in total. The molecule has 0 spiro atoms. The first-order valence-corrected chi connectivity index (χ1v) is 5.95. The summed E-state index contributed by atoms with van der Waals surface area (Å²) >= 11 is 0. The van der Waals surface area contributed by atoms with E-state index in [9.17, 15) is 9.59 Å². The molecule has 1 fully saturated rings. The quantitative estimate of drug-likeness (QED) is 0.796. The molecule has 0 aromatic heterocycles. The average Bonchev–Trinajstić information content (AvgIpc) is 2.27. The molecule has 92 valence electrons. The maximum atomic E-state index is 12.0. The number of rotatable bonds is 3. The zero-order valence-electron chi connectivity index (χ0n) is 10.3. The van der Waals surface area contributed by atoms with Gasteiger partial charge in [-0.15, -0.1) is 0 Å². The van der Waals surface area contributed by atoms with E-state index >= 15 is 0 Å². The first-order valence-electron chi connectivity index (χ1n) is 5.95. The van der Waals surface area contributed by atoms with Crippen molar-refractivity contribution in [2.45, 2.75) is 33.6 Å². The Morgan fingerprint density at radius 1 is 1.19 bits per heavy atom. The van der Waals surface area contributed by atoms with Gasteiger partial charge in [-0.1, -0.05) is 20.8 Å². The van der Waals surface area contributed by atoms with E-state index in [1.807, 2.05) is 25.7 Å². The number of carboxylic acids is 1. The molecular formula is C12H21NO3. The van der Waals surface area contributed by atoms with Crippen molar-refractivity contribution in [3.05, 3.63) is 0 Å². The van der Waals surface area contributed by atoms with Crippen LogP contribution in [0.15, 0.2) is 0 Å². The van der Waals surface area contributed by atoms with Gasteiger partial charge in [-0.2, -0.15) is 0 Å². The van der Waals surface area contributed by atoms with Gasteiger partial charge in [-0.05, 0) is 18.8 Å². The minimum atomic E-state index is -0.732. The van der Waals surface area contributed by atoms with Crippen LogP contribution in [-0.2, 0) is 9.59 Å². The molecule has 1 unspecified atom stereocenters. The van der Waals surface area contributed by atoms with Gasteiger partial charge in [0.25, 0.3) is 0 Å². The standard InChI is InChI=1S/C12H21NO3/c1-8(2)9(3)11(14)13-6-4-10(5-7-13)12(15)16/h8-10H,4-7H2,1-3H3,(H,15,16). The van der Waals surface area contributed by atoms with Gasteiger partial charge < -0.3 is 10.0 Å². The van der Waals surface area contributed by atoms with Crippen LogP contribution >= 0.6 is 0 Å². The largest absolute Gasteiger partial charge is 0.481 e. The summed E-state index contributed by atoms with van der Waals surface area (Å²) in [6, 6.07) is 0. The van der Waals surface area contributed by atoms with E-state index < -0.39 is 5.97 Å². The molecule has 4 heteroatoms. The number of carbonyl (C=O) groups is 2. The summed E-state index contributed by atoms with van der Waals surface area (Å²) in [7, 11) is 0. The van der Waals surface area contributed by atoms with Crippen molar-refractivity contribution in [3.8, 4) is 0 Å². The van der Waals surface area contributed by atoms with Crippen LogP contribution in [0.4, 0.5) is 0 Å². The van der Waals surface area contributed by atoms with E-state index in [1.54, 1.807) is 0 Å². The molecule has 1 amide bonds. The van der Waals surface area contributed by atoms with Crippen LogP contribution in [0.1, 0.15) is 33.6 Å². The molecule has 0 bridgehead atoms. The average molecular weight is 227 g/mol. The third kappa shape index (κ3) is 2.97. The summed E-state index contributed by atoms with van der Waals surface area (Å²) in [6.07, 6.45) is 1.18. The monoisotopic (exact) mass is 227 g/mol. The molecule has 1 heterocycles. The second-order valence-electron chi connectivity index (χ2n) is 4.97. The van der Waals surface area contributed by atoms with Crippen molar-refractivity contribution < 1.29 is 14.7 Å². The number of aliphatic carboxylic acids is 1. The Kier molecular flexibility index (Phi) is 4.33. The van der Waals surface area contributed by atoms with Crippen LogP contribution in [-0.4, -0.2) is 35.0 Å². The first kappa shape index (κ1) is 13.0. The van der Waals surface area contributed by atoms with Crippen LogP contribution in [0.2, 0.25) is 0 Å². The summed E-state index contributed by atoms with van der Waals surface area (Å²) in [5.74, 6) is -0.465. The molecule has 16 heavy (non-hydrogen) atoms. The second kappa shape index (κ2) is 5.32. The lowest BCUT2D eigenvalue weighted by molar-refractivity contribution is -0.147. The van der Waals surface area contributed by atoms with Crippen molar-refractivity contribution in [1.29, 1.82) is 0 Å². The highest BCUT2D eigenvalue weighted by Crippen LogP contribution is 2.21. The smallest absolute Gasteiger partial charge is 0.306 e. The molecule has 4 nitrogen and oxygen atoms in total. The zero-order chi connectivity index (χ0) is 12.3. The van der Waals surface area contributed by atoms with Gasteiger partial charge in [0.05, 0.1) is 5.92 Å². The van der Waals surface area contributed by atoms with Gasteiger partial charge in [0.1, 0.15) is 0 Å². The van der Waals surface area contributed by atoms with Crippen molar-refractivity contribution in [1.82, 2.24) is 4.90 Å². The molecule has 0 saturated carbocycles. The van der Waals surface area contributed by atoms with Gasteiger partial charge >= 0.3 is 5.97 Å². The number of likely N-dealkylation sites (tertiary alicyclic amines) is 1. The topological polar surface area (TPSA) is 57.6 Å². The SMILES string of the molecule is CC(C)C(C)C(=O)N1CCC(C(=O)O)CC1. The van der Waals surface area contributed by atoms with E-state index in [2.05, 4.69) is 0 Å². The van der Waals surface area contributed by atoms with Gasteiger partial charge in [-0.3, -0.25) is 9.59 Å². The maximum absolute atomic E-state index is 12.0. The summed E-state index contributed by atoms with van der Waals surface area (Å²) in [6.45, 7) is 7.19. The number of carboxylic acid groups (broad SMARTS) is 1. The van der Waals surface area contributed by atoms with Crippen LogP contribution < -0.4 is 0 Å². The van der Waals surface area contributed by atoms with Gasteiger partial charge in [0, 0.05) is 19.0 Å². The molecule has 1 aliphatic heterocycles. The molecule has 1 saturated heterocycles. The Hall–Kier alpha value is -1.06. The van der Waals surface area contributed by atoms with E-state index in [0.29, 0.717) is 31.8 Å². The maximum Gasteiger partial charge on any atom is 0.306 e. The predicted octanol–water partition coefficient (Wildman–Crippen LogP) is 1.60. The lowest BCUT2D eigenvalue weighted by Crippen LogP contribution is -2.43. The second-order valence-corrected chi connectivity index (χ2v) is 4.97. The summed E-state index contributed by atoms with van der Waals surface area (Å²) in [5.41, 5.74) is 0. The molecule has 0 aromatic rings. The molecule has 0 radical (unpaired) electrons. The van der Waals surface area contributed by atoms with Crippen molar-refractivity contribution >= 4 is 11.9 Å². The number of piperidine rings is 1. The molecule has 1 rings (SSSR count). The summed E-state index contributed by atoms with van der Waals surface area (Å²) in [5, 5.41) is 8.86. The zero-order valence-corrected chi connectivity index (χ0v) is 10.3. The van der Waals surface area contributed by atoms with E-state index in [4.69, 9.17) is 5.11 Å². The molecule has 0 aliphatic carbocycles. The van der Waals surface area contributed by atoms with E-state index in [-0.39, 0.29) is 17.7 Å². The Morgan fingerprint density at radius 2 is 1.69 bits per heavy atom. The van der Waals surface area contributed by atoms with Crippen molar-refractivity contribution in [3.63, 3.8) is 0 Å². The minimum absolute atomic E-state index is 0.0291. The number of hydrogen-bond acceptors (Lipinski definition) is 2. The summed E-state index contributed by atoms with van der Waals surface area (Å²) < 4.78 is 0. The van der Waals surface area contributed by atoms with E-state index in [1.165, 1.54) is 0 Å². The predicted molar refractivity (Wildman–Crippen MR) is 60.9 cm³/mol. The van der Waals surface area contributed by atoms with Gasteiger partial charge in [0.2, 0.25) is 5.91 Å². The van der Waals surface area contributed by atoms with Crippen molar-refractivity contribution in [2.75, 3.05) is 13.1 Å². The van der Waals surface area contributed by atoms with Crippen molar-refractivity contribution in [2.24, 2.45) is 17.8 Å².